The summed E-state index contributed by atoms with van der Waals surface area (Å²) < 4.78 is 5.51. The smallest absolute Gasteiger partial charge is 0.276 e. The molecule has 0 bridgehead atoms. The minimum atomic E-state index is -0.461. The van der Waals surface area contributed by atoms with Gasteiger partial charge in [-0.1, -0.05) is 11.6 Å². The predicted molar refractivity (Wildman–Crippen MR) is 79.4 cm³/mol. The van der Waals surface area contributed by atoms with E-state index >= 15 is 0 Å². The largest absolute Gasteiger partial charge is 0.487 e. The molecule has 110 valence electrons. The molecule has 0 saturated carbocycles. The normalized spacial score (nSPS) is 10.4. The first-order valence-corrected chi connectivity index (χ1v) is 6.68. The number of benzene rings is 1. The first-order valence-electron chi connectivity index (χ1n) is 6.31. The zero-order chi connectivity index (χ0) is 15.2. The molecule has 0 saturated heterocycles. The van der Waals surface area contributed by atoms with Crippen LogP contribution in [0.3, 0.4) is 0 Å². The number of nitrogens with zero attached hydrogens (tertiary/aromatic N) is 2. The van der Waals surface area contributed by atoms with E-state index in [1.165, 1.54) is 18.2 Å². The van der Waals surface area contributed by atoms with Crippen LogP contribution in [0.25, 0.3) is 0 Å². The van der Waals surface area contributed by atoms with Crippen LogP contribution in [0.15, 0.2) is 36.5 Å². The van der Waals surface area contributed by atoms with Gasteiger partial charge in [-0.05, 0) is 30.8 Å². The van der Waals surface area contributed by atoms with E-state index in [2.05, 4.69) is 4.98 Å². The van der Waals surface area contributed by atoms with E-state index in [0.29, 0.717) is 29.3 Å². The van der Waals surface area contributed by atoms with E-state index in [9.17, 15) is 10.1 Å². The van der Waals surface area contributed by atoms with Gasteiger partial charge >= 0.3 is 0 Å². The van der Waals surface area contributed by atoms with Crippen molar-refractivity contribution in [3.63, 3.8) is 0 Å². The van der Waals surface area contributed by atoms with Gasteiger partial charge in [-0.15, -0.1) is 0 Å². The Morgan fingerprint density at radius 2 is 2.14 bits per heavy atom. The van der Waals surface area contributed by atoms with Crippen LogP contribution in [0.4, 0.5) is 5.69 Å². The molecule has 0 aliphatic rings. The van der Waals surface area contributed by atoms with Gasteiger partial charge < -0.3 is 10.5 Å². The quantitative estimate of drug-likeness (QED) is 0.654. The minimum Gasteiger partial charge on any atom is -0.487 e. The maximum atomic E-state index is 10.9. The van der Waals surface area contributed by atoms with Crippen LogP contribution in [0, 0.1) is 10.1 Å². The summed E-state index contributed by atoms with van der Waals surface area (Å²) in [7, 11) is 0. The lowest BCUT2D eigenvalue weighted by atomic mass is 10.2. The SMILES string of the molecule is NCCc1ccc(OCc2cc(Cl)ccc2[N+](=O)[O-])cn1. The zero-order valence-corrected chi connectivity index (χ0v) is 11.9. The van der Waals surface area contributed by atoms with E-state index in [0.717, 1.165) is 5.69 Å². The van der Waals surface area contributed by atoms with Gasteiger partial charge in [-0.3, -0.25) is 15.1 Å². The molecule has 1 aromatic carbocycles. The molecule has 21 heavy (non-hydrogen) atoms. The van der Waals surface area contributed by atoms with E-state index in [-0.39, 0.29) is 12.3 Å². The molecular weight excluding hydrogens is 294 g/mol. The number of aromatic nitrogens is 1. The molecule has 1 aromatic heterocycles. The van der Waals surface area contributed by atoms with Gasteiger partial charge in [0, 0.05) is 23.2 Å². The molecule has 0 amide bonds. The van der Waals surface area contributed by atoms with Crippen molar-refractivity contribution in [2.24, 2.45) is 5.73 Å². The second-order valence-electron chi connectivity index (χ2n) is 4.34. The summed E-state index contributed by atoms with van der Waals surface area (Å²) in [5.74, 6) is 0.532. The van der Waals surface area contributed by atoms with E-state index in [1.54, 1.807) is 12.3 Å². The van der Waals surface area contributed by atoms with Crippen molar-refractivity contribution in [3.8, 4) is 5.75 Å². The third kappa shape index (κ3) is 4.14. The number of pyridine rings is 1. The Kier molecular flexibility index (Phi) is 5.08. The maximum absolute atomic E-state index is 10.9. The Morgan fingerprint density at radius 1 is 1.33 bits per heavy atom. The summed E-state index contributed by atoms with van der Waals surface area (Å²) in [4.78, 5) is 14.7. The molecule has 0 radical (unpaired) electrons. The molecular formula is C14H14ClN3O3. The highest BCUT2D eigenvalue weighted by molar-refractivity contribution is 6.30. The van der Waals surface area contributed by atoms with Gasteiger partial charge in [0.2, 0.25) is 0 Å². The average molecular weight is 308 g/mol. The number of ether oxygens (including phenoxy) is 1. The summed E-state index contributed by atoms with van der Waals surface area (Å²) in [6, 6.07) is 7.94. The van der Waals surface area contributed by atoms with Crippen LogP contribution in [0.2, 0.25) is 5.02 Å². The number of hydrogen-bond donors (Lipinski definition) is 1. The monoisotopic (exact) mass is 307 g/mol. The lowest BCUT2D eigenvalue weighted by molar-refractivity contribution is -0.385. The van der Waals surface area contributed by atoms with Crippen molar-refractivity contribution in [1.82, 2.24) is 4.98 Å². The highest BCUT2D eigenvalue weighted by Crippen LogP contribution is 2.24. The molecule has 1 heterocycles. The molecule has 2 aromatic rings. The van der Waals surface area contributed by atoms with Gasteiger partial charge in [-0.2, -0.15) is 0 Å². The van der Waals surface area contributed by atoms with Gasteiger partial charge in [0.05, 0.1) is 16.7 Å². The van der Waals surface area contributed by atoms with Gasteiger partial charge in [-0.25, -0.2) is 0 Å². The molecule has 0 aliphatic heterocycles. The van der Waals surface area contributed by atoms with Crippen LogP contribution in [0.5, 0.6) is 5.75 Å². The number of nitro groups is 1. The molecule has 0 unspecified atom stereocenters. The first kappa shape index (κ1) is 15.2. The summed E-state index contributed by atoms with van der Waals surface area (Å²) in [5, 5.41) is 11.4. The average Bonchev–Trinajstić information content (AvgIpc) is 2.46. The Morgan fingerprint density at radius 3 is 2.76 bits per heavy atom. The Labute approximate surface area is 126 Å². The fourth-order valence-corrected chi connectivity index (χ4v) is 2.00. The molecule has 2 N–H and O–H groups in total. The fourth-order valence-electron chi connectivity index (χ4n) is 1.80. The molecule has 6 nitrogen and oxygen atoms in total. The summed E-state index contributed by atoms with van der Waals surface area (Å²) in [5.41, 5.74) is 6.71. The lowest BCUT2D eigenvalue weighted by Crippen LogP contribution is -2.04. The number of nitro benzene ring substituents is 1. The van der Waals surface area contributed by atoms with E-state index in [1.807, 2.05) is 6.07 Å². The van der Waals surface area contributed by atoms with Crippen LogP contribution >= 0.6 is 11.6 Å². The number of nitrogens with two attached hydrogens (primary N) is 1. The molecule has 0 atom stereocenters. The lowest BCUT2D eigenvalue weighted by Gasteiger charge is -2.07. The van der Waals surface area contributed by atoms with Crippen molar-refractivity contribution in [3.05, 3.63) is 62.9 Å². The minimum absolute atomic E-state index is 0.0212. The third-order valence-electron chi connectivity index (χ3n) is 2.83. The van der Waals surface area contributed by atoms with Crippen LogP contribution in [0.1, 0.15) is 11.3 Å². The second-order valence-corrected chi connectivity index (χ2v) is 4.78. The van der Waals surface area contributed by atoms with Crippen LogP contribution in [-0.4, -0.2) is 16.5 Å². The van der Waals surface area contributed by atoms with Crippen molar-refractivity contribution in [1.29, 1.82) is 0 Å². The molecule has 0 fully saturated rings. The number of halogens is 1. The Bertz CT molecular complexity index is 632. The van der Waals surface area contributed by atoms with Gasteiger partial charge in [0.15, 0.2) is 0 Å². The van der Waals surface area contributed by atoms with E-state index in [4.69, 9.17) is 22.1 Å². The first-order chi connectivity index (χ1) is 10.1. The summed E-state index contributed by atoms with van der Waals surface area (Å²) in [6.45, 7) is 0.580. The van der Waals surface area contributed by atoms with Gasteiger partial charge in [0.1, 0.15) is 12.4 Å². The van der Waals surface area contributed by atoms with Crippen molar-refractivity contribution in [2.45, 2.75) is 13.0 Å². The number of hydrogen-bond acceptors (Lipinski definition) is 5. The standard InChI is InChI=1S/C14H14ClN3O3/c15-11-1-4-14(18(19)20)10(7-11)9-21-13-3-2-12(5-6-16)17-8-13/h1-4,7-8H,5-6,9,16H2. The van der Waals surface area contributed by atoms with E-state index < -0.39 is 4.92 Å². The van der Waals surface area contributed by atoms with Gasteiger partial charge in [0.25, 0.3) is 5.69 Å². The van der Waals surface area contributed by atoms with Crippen molar-refractivity contribution >= 4 is 17.3 Å². The zero-order valence-electron chi connectivity index (χ0n) is 11.2. The van der Waals surface area contributed by atoms with Crippen LogP contribution in [-0.2, 0) is 13.0 Å². The topological polar surface area (TPSA) is 91.3 Å². The summed E-state index contributed by atoms with van der Waals surface area (Å²) in [6.07, 6.45) is 2.27. The molecule has 7 heteroatoms. The Balaban J connectivity index is 2.08. The molecule has 2 rings (SSSR count). The van der Waals surface area contributed by atoms with Crippen LogP contribution < -0.4 is 10.5 Å². The second kappa shape index (κ2) is 7.01. The fraction of sp³-hybridized carbons (Fsp3) is 0.214. The molecule has 0 spiro atoms. The predicted octanol–water partition coefficient (Wildman–Crippen LogP) is 2.72. The maximum Gasteiger partial charge on any atom is 0.276 e. The highest BCUT2D eigenvalue weighted by Gasteiger charge is 2.14. The van der Waals surface area contributed by atoms with Crippen molar-refractivity contribution < 1.29 is 9.66 Å². The number of rotatable bonds is 6. The molecule has 0 aliphatic carbocycles. The Hall–Kier alpha value is -2.18. The third-order valence-corrected chi connectivity index (χ3v) is 3.07. The highest BCUT2D eigenvalue weighted by atomic mass is 35.5. The van der Waals surface area contributed by atoms with Crippen molar-refractivity contribution in [2.75, 3.05) is 6.54 Å². The summed E-state index contributed by atoms with van der Waals surface area (Å²) >= 11 is 5.86.